The molecule has 0 fully saturated rings. The van der Waals surface area contributed by atoms with Crippen molar-refractivity contribution in [3.05, 3.63) is 55.9 Å². The zero-order valence-corrected chi connectivity index (χ0v) is 19.0. The van der Waals surface area contributed by atoms with Crippen LogP contribution in [-0.4, -0.2) is 11.8 Å². The van der Waals surface area contributed by atoms with Gasteiger partial charge in [0, 0.05) is 21.0 Å². The molecule has 0 radical (unpaired) electrons. The van der Waals surface area contributed by atoms with Crippen molar-refractivity contribution in [1.82, 2.24) is 0 Å². The largest absolute Gasteiger partial charge is 0.365 e. The fourth-order valence-electron chi connectivity index (χ4n) is 3.63. The minimum absolute atomic E-state index is 0.193. The maximum atomic E-state index is 12.5. The summed E-state index contributed by atoms with van der Waals surface area (Å²) in [6.45, 7) is 6.71. The molecule has 1 aliphatic rings. The van der Waals surface area contributed by atoms with Gasteiger partial charge in [0.1, 0.15) is 5.00 Å². The number of benzene rings is 1. The lowest BCUT2D eigenvalue weighted by Crippen LogP contribution is -2.27. The lowest BCUT2D eigenvalue weighted by atomic mass is 9.72. The number of thiophene rings is 1. The van der Waals surface area contributed by atoms with Gasteiger partial charge in [-0.3, -0.25) is 9.59 Å². The van der Waals surface area contributed by atoms with Crippen molar-refractivity contribution in [1.29, 1.82) is 0 Å². The Kier molecular flexibility index (Phi) is 6.42. The number of nitrogens with one attached hydrogen (secondary N) is 1. The first kappa shape index (κ1) is 21.9. The fourth-order valence-corrected chi connectivity index (χ4v) is 5.44. The van der Waals surface area contributed by atoms with E-state index in [9.17, 15) is 9.59 Å². The van der Waals surface area contributed by atoms with E-state index < -0.39 is 5.91 Å². The number of rotatable bonds is 4. The number of halogens is 2. The molecule has 0 saturated heterocycles. The fraction of sp³-hybridized carbons (Fsp3) is 0.364. The topological polar surface area (TPSA) is 72.2 Å². The van der Waals surface area contributed by atoms with Crippen molar-refractivity contribution in [2.45, 2.75) is 40.0 Å². The predicted octanol–water partition coefficient (Wildman–Crippen LogP) is 5.96. The number of primary amides is 1. The molecule has 4 nitrogen and oxygen atoms in total. The van der Waals surface area contributed by atoms with Crippen LogP contribution in [-0.2, 0) is 17.6 Å². The van der Waals surface area contributed by atoms with Crippen LogP contribution < -0.4 is 11.1 Å². The van der Waals surface area contributed by atoms with Gasteiger partial charge in [0.2, 0.25) is 5.91 Å². The Morgan fingerprint density at radius 1 is 1.28 bits per heavy atom. The molecule has 1 aromatic heterocycles. The number of carbonyl (C=O) groups excluding carboxylic acids is 2. The van der Waals surface area contributed by atoms with Crippen molar-refractivity contribution in [3.8, 4) is 0 Å². The van der Waals surface area contributed by atoms with Gasteiger partial charge in [0.15, 0.2) is 0 Å². The first-order chi connectivity index (χ1) is 13.6. The van der Waals surface area contributed by atoms with Gasteiger partial charge < -0.3 is 11.1 Å². The zero-order chi connectivity index (χ0) is 21.3. The number of fused-ring (bicyclic) bond motifs is 1. The summed E-state index contributed by atoms with van der Waals surface area (Å²) in [5.74, 6) is -0.314. The van der Waals surface area contributed by atoms with Gasteiger partial charge in [-0.25, -0.2) is 0 Å². The van der Waals surface area contributed by atoms with E-state index in [1.54, 1.807) is 24.3 Å². The number of amides is 2. The van der Waals surface area contributed by atoms with E-state index in [1.807, 2.05) is 0 Å². The summed E-state index contributed by atoms with van der Waals surface area (Å²) >= 11 is 13.5. The van der Waals surface area contributed by atoms with E-state index in [0.717, 1.165) is 29.7 Å². The Morgan fingerprint density at radius 2 is 2.00 bits per heavy atom. The molecule has 0 saturated carbocycles. The molecule has 2 amide bonds. The molecule has 3 rings (SSSR count). The van der Waals surface area contributed by atoms with Gasteiger partial charge in [0.05, 0.1) is 5.56 Å². The molecular formula is C22H24Cl2N2O2S. The highest BCUT2D eigenvalue weighted by Crippen LogP contribution is 2.44. The molecule has 2 aromatic rings. The van der Waals surface area contributed by atoms with E-state index in [4.69, 9.17) is 28.9 Å². The number of anilines is 1. The monoisotopic (exact) mass is 450 g/mol. The molecule has 1 aromatic carbocycles. The van der Waals surface area contributed by atoms with Crippen LogP contribution >= 0.6 is 34.5 Å². The van der Waals surface area contributed by atoms with Gasteiger partial charge >= 0.3 is 0 Å². The molecule has 3 N–H and O–H groups in total. The SMILES string of the molecule is CC(C)(C)C1CCc2c(sc(NC(=O)/C=C/c3ccc(Cl)cc3Cl)c2C(N)=O)C1. The van der Waals surface area contributed by atoms with Gasteiger partial charge in [-0.2, -0.15) is 0 Å². The van der Waals surface area contributed by atoms with E-state index in [0.29, 0.717) is 32.1 Å². The van der Waals surface area contributed by atoms with E-state index >= 15 is 0 Å². The molecule has 154 valence electrons. The number of carbonyl (C=O) groups is 2. The summed E-state index contributed by atoms with van der Waals surface area (Å²) in [5.41, 5.74) is 7.96. The van der Waals surface area contributed by atoms with Crippen LogP contribution in [0.1, 0.15) is 53.6 Å². The zero-order valence-electron chi connectivity index (χ0n) is 16.6. The van der Waals surface area contributed by atoms with Crippen LogP contribution in [0.4, 0.5) is 5.00 Å². The Bertz CT molecular complexity index is 989. The number of hydrogen-bond acceptors (Lipinski definition) is 3. The highest BCUT2D eigenvalue weighted by atomic mass is 35.5. The lowest BCUT2D eigenvalue weighted by Gasteiger charge is -2.33. The highest BCUT2D eigenvalue weighted by molar-refractivity contribution is 7.17. The standard InChI is InChI=1S/C22H24Cl2N2O2S/c1-22(2,3)13-6-8-15-17(10-13)29-21(19(15)20(25)28)26-18(27)9-5-12-4-7-14(23)11-16(12)24/h4-5,7,9,11,13H,6,8,10H2,1-3H3,(H2,25,28)(H,26,27)/b9-5+. The van der Waals surface area contributed by atoms with Gasteiger partial charge in [0.25, 0.3) is 5.91 Å². The van der Waals surface area contributed by atoms with Crippen molar-refractivity contribution >= 4 is 57.4 Å². The molecule has 0 aliphatic heterocycles. The number of nitrogens with two attached hydrogens (primary N) is 1. The summed E-state index contributed by atoms with van der Waals surface area (Å²) in [4.78, 5) is 25.7. The minimum atomic E-state index is -0.503. The molecule has 1 heterocycles. The molecule has 1 aliphatic carbocycles. The Balaban J connectivity index is 1.82. The molecule has 7 heteroatoms. The Morgan fingerprint density at radius 3 is 2.62 bits per heavy atom. The Labute approximate surface area is 185 Å². The first-order valence-corrected chi connectivity index (χ1v) is 11.0. The minimum Gasteiger partial charge on any atom is -0.365 e. The average Bonchev–Trinajstić information content (AvgIpc) is 2.97. The highest BCUT2D eigenvalue weighted by Gasteiger charge is 2.33. The predicted molar refractivity (Wildman–Crippen MR) is 122 cm³/mol. The quantitative estimate of drug-likeness (QED) is 0.564. The van der Waals surface area contributed by atoms with Gasteiger partial charge in [-0.05, 0) is 59.9 Å². The van der Waals surface area contributed by atoms with E-state index in [1.165, 1.54) is 17.4 Å². The molecule has 0 spiro atoms. The average molecular weight is 451 g/mol. The maximum Gasteiger partial charge on any atom is 0.251 e. The summed E-state index contributed by atoms with van der Waals surface area (Å²) in [5, 5.41) is 4.33. The summed E-state index contributed by atoms with van der Waals surface area (Å²) in [6.07, 6.45) is 5.71. The van der Waals surface area contributed by atoms with E-state index in [-0.39, 0.29) is 11.3 Å². The molecule has 29 heavy (non-hydrogen) atoms. The third-order valence-electron chi connectivity index (χ3n) is 5.35. The van der Waals surface area contributed by atoms with Crippen molar-refractivity contribution in [2.24, 2.45) is 17.1 Å². The molecular weight excluding hydrogens is 427 g/mol. The van der Waals surface area contributed by atoms with Gasteiger partial charge in [-0.1, -0.05) is 50.0 Å². The van der Waals surface area contributed by atoms with Crippen LogP contribution in [0.25, 0.3) is 6.08 Å². The number of hydrogen-bond donors (Lipinski definition) is 2. The molecule has 1 atom stereocenters. The smallest absolute Gasteiger partial charge is 0.251 e. The van der Waals surface area contributed by atoms with Crippen molar-refractivity contribution < 1.29 is 9.59 Å². The van der Waals surface area contributed by atoms with Crippen LogP contribution in [0.15, 0.2) is 24.3 Å². The maximum absolute atomic E-state index is 12.5. The summed E-state index contributed by atoms with van der Waals surface area (Å²) in [6, 6.07) is 5.06. The van der Waals surface area contributed by atoms with Crippen molar-refractivity contribution in [3.63, 3.8) is 0 Å². The summed E-state index contributed by atoms with van der Waals surface area (Å²) in [7, 11) is 0. The van der Waals surface area contributed by atoms with Crippen LogP contribution in [0.3, 0.4) is 0 Å². The Hall–Kier alpha value is -1.82. The third kappa shape index (κ3) is 5.03. The van der Waals surface area contributed by atoms with Crippen molar-refractivity contribution in [2.75, 3.05) is 5.32 Å². The van der Waals surface area contributed by atoms with Gasteiger partial charge in [-0.15, -0.1) is 11.3 Å². The summed E-state index contributed by atoms with van der Waals surface area (Å²) < 4.78 is 0. The first-order valence-electron chi connectivity index (χ1n) is 9.44. The van der Waals surface area contributed by atoms with Crippen LogP contribution in [0.5, 0.6) is 0 Å². The normalized spacial score (nSPS) is 16.7. The van der Waals surface area contributed by atoms with E-state index in [2.05, 4.69) is 26.1 Å². The molecule has 1 unspecified atom stereocenters. The second-order valence-corrected chi connectivity index (χ2v) is 10.3. The third-order valence-corrected chi connectivity index (χ3v) is 7.08. The second-order valence-electron chi connectivity index (χ2n) is 8.37. The van der Waals surface area contributed by atoms with Crippen LogP contribution in [0.2, 0.25) is 10.0 Å². The molecule has 0 bridgehead atoms. The second kappa shape index (κ2) is 8.50. The lowest BCUT2D eigenvalue weighted by molar-refractivity contribution is -0.111. The van der Waals surface area contributed by atoms with Crippen LogP contribution in [0, 0.1) is 11.3 Å².